The molecule has 48 heteroatoms. The van der Waals surface area contributed by atoms with Crippen molar-refractivity contribution in [1.82, 2.24) is 0 Å². The minimum atomic E-state index is -5.06. The zero-order valence-corrected chi connectivity index (χ0v) is 91.2. The Kier molecular flexibility index (Phi) is 47.4. The van der Waals surface area contributed by atoms with Crippen LogP contribution in [0.1, 0.15) is 317 Å². The number of benzene rings is 8. The summed E-state index contributed by atoms with van der Waals surface area (Å²) in [4.78, 5) is -1.60. The molecule has 0 aliphatic rings. The van der Waals surface area contributed by atoms with Crippen molar-refractivity contribution in [3.63, 3.8) is 0 Å². The van der Waals surface area contributed by atoms with Crippen LogP contribution in [-0.4, -0.2) is 177 Å². The van der Waals surface area contributed by atoms with Crippen molar-refractivity contribution < 1.29 is 156 Å². The van der Waals surface area contributed by atoms with Gasteiger partial charge in [-0.2, -0.15) is 101 Å². The SMILES string of the molecule is CCCCCCC.CC[C@@H](CCC[C@@H]([C@H](CC[C@@H](C)S(=O)(=O)O)S(=O)(=O)O)S(=O)(=O)O)S(=O)(=O)O.C[C@H](CC[C@@H](CC[C@H](CC[C@@H](C)c1ccc(S(=O)(=O)O)cc1)c1ccc(S(=O)(=O)O)cc1)c1ccc(S(=O)(=O)O)cc1)c1ccc(S(=O)(=O)O)cc1.Cc1cc([C@H](CC[C@H](CC[C@@H](C)c2ccc(S(=O)(=O)O)c(C)c2)c2ccc(S(=O)(=O)O)c(C)c2)CC[C@@H](C)c2ccc(S(=O)(=O)O)c(C)c2)ccc1S(=O)(=O)O. The molecule has 12 atom stereocenters. The number of aryl methyl sites for hydroxylation is 4. The molecule has 0 amide bonds. The molecule has 802 valence electrons. The van der Waals surface area contributed by atoms with E-state index < -0.39 is 162 Å². The predicted octanol–water partition coefficient (Wildman–Crippen LogP) is 19.6. The van der Waals surface area contributed by atoms with Crippen molar-refractivity contribution in [2.75, 3.05) is 0 Å². The van der Waals surface area contributed by atoms with Crippen molar-refractivity contribution >= 4 is 121 Å². The Bertz CT molecular complexity index is 6730. The van der Waals surface area contributed by atoms with Crippen LogP contribution in [0.3, 0.4) is 0 Å². The fourth-order valence-electron chi connectivity index (χ4n) is 17.3. The third-order valence-electron chi connectivity index (χ3n) is 25.9. The fraction of sp³-hybridized carbons (Fsp3) is 0.495. The lowest BCUT2D eigenvalue weighted by atomic mass is 9.80. The highest BCUT2D eigenvalue weighted by Gasteiger charge is 2.41. The Hall–Kier alpha value is -7.32. The maximum absolute atomic E-state index is 12.0. The van der Waals surface area contributed by atoms with Crippen molar-refractivity contribution in [1.29, 1.82) is 0 Å². The summed E-state index contributed by atoms with van der Waals surface area (Å²) in [5.74, 6) is -0.420. The van der Waals surface area contributed by atoms with Crippen LogP contribution in [-0.2, 0) is 121 Å². The summed E-state index contributed by atoms with van der Waals surface area (Å²) in [6, 6.07) is 43.2. The maximum Gasteiger partial charge on any atom is 0.294 e. The molecule has 12 N–H and O–H groups in total. The van der Waals surface area contributed by atoms with E-state index in [9.17, 15) is 147 Å². The zero-order valence-electron chi connectivity index (χ0n) is 81.4. The quantitative estimate of drug-likeness (QED) is 0.0124. The van der Waals surface area contributed by atoms with Crippen molar-refractivity contribution in [3.05, 3.63) is 237 Å². The first-order chi connectivity index (χ1) is 65.6. The van der Waals surface area contributed by atoms with Gasteiger partial charge in [0.1, 0.15) is 10.5 Å². The second-order valence-corrected chi connectivity index (χ2v) is 54.6. The van der Waals surface area contributed by atoms with Crippen LogP contribution in [0.2, 0.25) is 0 Å². The standard InChI is InChI=1S/C40H50O12S4.C36H42O12S4.C12H26O12S4.C7H16/c1-25(33-13-17-37(27(3)21-33)53(41,42)43)7-9-31(35-15-19-39(29(5)23-35)55(47,48)49)11-12-32(36-16-20-40(30(6)24-36)56(50,51)52)10-8-26(2)34-14-18-38(28(4)22-34)54(44,45)46;1-25(27-9-17-33(18-10-27)49(37,38)39)3-5-29(31-13-21-35(22-14-31)51(43,44)45)7-8-30(32-15-23-36(24-16-32)52(46,47)48)6-4-26(2)28-11-19-34(20-12-28)50(40,41)42;1-3-10(26(16,17)18)5-4-6-11(27(19,20)21)12(28(22,23)24)8-7-9(2)25(13,14)15;1-3-5-7-6-4-2/h13-26,31-32H,7-12H2,1-6H3,(H,41,42,43)(H,44,45,46)(H,47,48,49)(H,50,51,52);9-26,29-30H,3-8H2,1-2H3,(H,37,38,39)(H,40,41,42)(H,43,44,45)(H,46,47,48);9-12H,3-8H2,1-2H3,(H,13,14,15)(H,16,17,18)(H,19,20,21)(H,22,23,24);3-7H2,1-2H3/t25-,26-,31+,32+;25-,26-,29+,30+;9-,10+,11+,12+;/m111./s1. The molecule has 0 radical (unpaired) electrons. The van der Waals surface area contributed by atoms with Crippen LogP contribution in [0, 0.1) is 27.7 Å². The summed E-state index contributed by atoms with van der Waals surface area (Å²) in [5, 5.41) is -6.84. The summed E-state index contributed by atoms with van der Waals surface area (Å²) in [6.07, 6.45) is 12.5. The fourth-order valence-corrected chi connectivity index (χ4v) is 26.1. The van der Waals surface area contributed by atoms with Crippen molar-refractivity contribution in [2.24, 2.45) is 0 Å². The Morgan fingerprint density at radius 2 is 0.434 bits per heavy atom. The molecule has 8 aromatic carbocycles. The number of hydrogen-bond donors (Lipinski definition) is 12. The van der Waals surface area contributed by atoms with E-state index >= 15 is 0 Å². The average molecular weight is 2240 g/mol. The number of rotatable bonds is 51. The van der Waals surface area contributed by atoms with Crippen molar-refractivity contribution in [3.8, 4) is 0 Å². The van der Waals surface area contributed by atoms with Gasteiger partial charge in [-0.1, -0.05) is 184 Å². The van der Waals surface area contributed by atoms with Gasteiger partial charge >= 0.3 is 0 Å². The highest BCUT2D eigenvalue weighted by molar-refractivity contribution is 7.91. The molecule has 8 aromatic rings. The average Bonchev–Trinajstić information content (AvgIpc) is 0.819. The molecule has 0 fully saturated rings. The van der Waals surface area contributed by atoms with E-state index in [1.165, 1.54) is 112 Å². The molecular weight excluding hydrogens is 2100 g/mol. The minimum Gasteiger partial charge on any atom is -0.285 e. The Morgan fingerprint density at radius 1 is 0.210 bits per heavy atom. The predicted molar refractivity (Wildman–Crippen MR) is 544 cm³/mol. The van der Waals surface area contributed by atoms with E-state index in [0.29, 0.717) is 99.3 Å². The largest absolute Gasteiger partial charge is 0.294 e. The van der Waals surface area contributed by atoms with Crippen LogP contribution in [0.15, 0.2) is 209 Å². The molecule has 8 rings (SSSR count). The zero-order chi connectivity index (χ0) is 109. The van der Waals surface area contributed by atoms with Gasteiger partial charge in [-0.05, 0) is 331 Å². The summed E-state index contributed by atoms with van der Waals surface area (Å²) in [6.45, 7) is 21.4. The molecule has 0 aromatic heterocycles. The third kappa shape index (κ3) is 41.3. The van der Waals surface area contributed by atoms with Crippen LogP contribution in [0.4, 0.5) is 0 Å². The van der Waals surface area contributed by atoms with Gasteiger partial charge in [0.05, 0.1) is 49.7 Å². The lowest BCUT2D eigenvalue weighted by Crippen LogP contribution is -2.40. The number of unbranched alkanes of at least 4 members (excludes halogenated alkanes) is 4. The first-order valence-corrected chi connectivity index (χ1v) is 63.6. The van der Waals surface area contributed by atoms with E-state index in [4.69, 9.17) is 9.11 Å². The Labute approximate surface area is 845 Å². The molecule has 0 aliphatic heterocycles. The lowest BCUT2D eigenvalue weighted by molar-refractivity contribution is 0.413. The summed E-state index contributed by atoms with van der Waals surface area (Å²) < 4.78 is 392. The molecule has 0 unspecified atom stereocenters. The van der Waals surface area contributed by atoms with E-state index in [1.807, 2.05) is 27.7 Å². The molecule has 0 bridgehead atoms. The molecule has 36 nitrogen and oxygen atoms in total. The van der Waals surface area contributed by atoms with E-state index in [2.05, 4.69) is 13.8 Å². The summed E-state index contributed by atoms with van der Waals surface area (Å²) >= 11 is 0. The van der Waals surface area contributed by atoms with Gasteiger partial charge in [0.2, 0.25) is 0 Å². The normalized spacial score (nSPS) is 15.4. The lowest BCUT2D eigenvalue weighted by Gasteiger charge is -2.26. The smallest absolute Gasteiger partial charge is 0.285 e. The molecule has 0 saturated heterocycles. The van der Waals surface area contributed by atoms with Crippen molar-refractivity contribution in [2.45, 2.75) is 338 Å². The maximum atomic E-state index is 12.0. The van der Waals surface area contributed by atoms with Gasteiger partial charge in [-0.15, -0.1) is 0 Å². The molecule has 0 spiro atoms. The topological polar surface area (TPSA) is 652 Å². The van der Waals surface area contributed by atoms with Crippen LogP contribution in [0.25, 0.3) is 0 Å². The third-order valence-corrected chi connectivity index (χ3v) is 39.0. The van der Waals surface area contributed by atoms with Gasteiger partial charge in [0.25, 0.3) is 121 Å². The second-order valence-electron chi connectivity index (χ2n) is 36.6. The first-order valence-electron chi connectivity index (χ1n) is 46.1. The van der Waals surface area contributed by atoms with Gasteiger partial charge in [0, 0.05) is 0 Å². The highest BCUT2D eigenvalue weighted by Crippen LogP contribution is 2.43. The van der Waals surface area contributed by atoms with Gasteiger partial charge < -0.3 is 0 Å². The second kappa shape index (κ2) is 53.7. The van der Waals surface area contributed by atoms with E-state index in [-0.39, 0.29) is 106 Å². The number of hydrogen-bond acceptors (Lipinski definition) is 24. The van der Waals surface area contributed by atoms with Crippen LogP contribution in [0.5, 0.6) is 0 Å². The van der Waals surface area contributed by atoms with Crippen LogP contribution < -0.4 is 0 Å². The van der Waals surface area contributed by atoms with Gasteiger partial charge in [-0.25, -0.2) is 0 Å². The minimum absolute atomic E-state index is 0.00295. The Morgan fingerprint density at radius 3 is 0.657 bits per heavy atom. The van der Waals surface area contributed by atoms with E-state index in [0.717, 1.165) is 51.4 Å². The molecule has 0 heterocycles. The molecule has 143 heavy (non-hydrogen) atoms. The summed E-state index contributed by atoms with van der Waals surface area (Å²) in [5.41, 5.74) is 8.51. The Balaban J connectivity index is 0.000000383. The first kappa shape index (κ1) is 126. The molecular formula is C95H134O36S12. The molecule has 0 saturated carbocycles. The van der Waals surface area contributed by atoms with Crippen LogP contribution >= 0.6 is 0 Å². The van der Waals surface area contributed by atoms with Gasteiger partial charge in [-0.3, -0.25) is 54.6 Å². The van der Waals surface area contributed by atoms with E-state index in [1.54, 1.807) is 125 Å². The monoisotopic (exact) mass is 2230 g/mol. The molecule has 0 aliphatic carbocycles. The summed E-state index contributed by atoms with van der Waals surface area (Å²) in [7, 11) is -54.2. The highest BCUT2D eigenvalue weighted by atomic mass is 32.3. The van der Waals surface area contributed by atoms with Gasteiger partial charge in [0.15, 0.2) is 0 Å².